The maximum absolute atomic E-state index is 11.6. The van der Waals surface area contributed by atoms with Crippen LogP contribution in [0.15, 0.2) is 59.0 Å². The number of esters is 1. The minimum absolute atomic E-state index is 0.383. The van der Waals surface area contributed by atoms with E-state index >= 15 is 0 Å². The highest BCUT2D eigenvalue weighted by molar-refractivity contribution is 6.42. The Kier molecular flexibility index (Phi) is 3.71. The number of rotatable bonds is 2. The predicted molar refractivity (Wildman–Crippen MR) is 112 cm³/mol. The second-order valence-electron chi connectivity index (χ2n) is 6.59. The van der Waals surface area contributed by atoms with Crippen molar-refractivity contribution < 1.29 is 18.7 Å². The first-order valence-corrected chi connectivity index (χ1v) is 9.18. The van der Waals surface area contributed by atoms with Crippen molar-refractivity contribution >= 4 is 61.1 Å². The third-order valence-electron chi connectivity index (χ3n) is 4.95. The van der Waals surface area contributed by atoms with E-state index < -0.39 is 0 Å². The molecule has 4 nitrogen and oxygen atoms in total. The summed E-state index contributed by atoms with van der Waals surface area (Å²) in [5.41, 5.74) is 1.38. The Hall–Kier alpha value is -3.24. The SMILES string of the molecule is COc1c(Cl)c2c3cc(OC(C)=O)c4ccccc4c3oc2c2ccccc12. The molecule has 0 aliphatic carbocycles. The lowest BCUT2D eigenvalue weighted by molar-refractivity contribution is -0.131. The van der Waals surface area contributed by atoms with Gasteiger partial charge in [-0.05, 0) is 6.07 Å². The molecule has 5 rings (SSSR count). The van der Waals surface area contributed by atoms with Crippen LogP contribution in [0.2, 0.25) is 5.02 Å². The highest BCUT2D eigenvalue weighted by Gasteiger charge is 2.22. The molecular weight excluding hydrogens is 376 g/mol. The first-order chi connectivity index (χ1) is 13.6. The molecule has 1 heterocycles. The molecule has 0 saturated carbocycles. The molecule has 0 amide bonds. The number of benzene rings is 4. The fourth-order valence-corrected chi connectivity index (χ4v) is 4.21. The van der Waals surface area contributed by atoms with Crippen molar-refractivity contribution in [3.05, 3.63) is 59.6 Å². The zero-order chi connectivity index (χ0) is 19.4. The Morgan fingerprint density at radius 1 is 0.893 bits per heavy atom. The van der Waals surface area contributed by atoms with Crippen molar-refractivity contribution in [1.29, 1.82) is 0 Å². The second kappa shape index (κ2) is 6.14. The minimum atomic E-state index is -0.383. The molecule has 138 valence electrons. The number of hydrogen-bond acceptors (Lipinski definition) is 4. The van der Waals surface area contributed by atoms with Gasteiger partial charge in [0.05, 0.1) is 17.5 Å². The quantitative estimate of drug-likeness (QED) is 0.255. The summed E-state index contributed by atoms with van der Waals surface area (Å²) < 4.78 is 17.4. The molecule has 0 atom stereocenters. The molecule has 4 aromatic carbocycles. The predicted octanol–water partition coefficient (Wildman–Crippen LogP) is 6.48. The van der Waals surface area contributed by atoms with Gasteiger partial charge in [-0.15, -0.1) is 0 Å². The van der Waals surface area contributed by atoms with Crippen molar-refractivity contribution in [2.45, 2.75) is 6.92 Å². The molecule has 5 aromatic rings. The number of methoxy groups -OCH3 is 1. The maximum atomic E-state index is 11.6. The number of carbonyl (C=O) groups is 1. The highest BCUT2D eigenvalue weighted by atomic mass is 35.5. The lowest BCUT2D eigenvalue weighted by Crippen LogP contribution is -2.01. The van der Waals surface area contributed by atoms with E-state index in [4.69, 9.17) is 25.5 Å². The van der Waals surface area contributed by atoms with E-state index in [1.54, 1.807) is 7.11 Å². The van der Waals surface area contributed by atoms with Crippen molar-refractivity contribution in [2.75, 3.05) is 7.11 Å². The monoisotopic (exact) mass is 390 g/mol. The van der Waals surface area contributed by atoms with E-state index in [2.05, 4.69) is 0 Å². The van der Waals surface area contributed by atoms with E-state index in [1.807, 2.05) is 54.6 Å². The van der Waals surface area contributed by atoms with Crippen molar-refractivity contribution in [3.8, 4) is 11.5 Å². The van der Waals surface area contributed by atoms with E-state index in [0.29, 0.717) is 27.7 Å². The molecule has 0 bridgehead atoms. The van der Waals surface area contributed by atoms with Crippen molar-refractivity contribution in [3.63, 3.8) is 0 Å². The number of hydrogen-bond donors (Lipinski definition) is 0. The summed E-state index contributed by atoms with van der Waals surface area (Å²) in [5, 5.41) is 5.44. The fourth-order valence-electron chi connectivity index (χ4n) is 3.84. The van der Waals surface area contributed by atoms with E-state index in [9.17, 15) is 4.79 Å². The lowest BCUT2D eigenvalue weighted by atomic mass is 10.0. The van der Waals surface area contributed by atoms with Gasteiger partial charge < -0.3 is 13.9 Å². The van der Waals surface area contributed by atoms with Gasteiger partial charge in [0.15, 0.2) is 0 Å². The Morgan fingerprint density at radius 3 is 2.14 bits per heavy atom. The molecule has 0 aliphatic rings. The zero-order valence-corrected chi connectivity index (χ0v) is 16.0. The molecule has 0 aliphatic heterocycles. The van der Waals surface area contributed by atoms with Crippen LogP contribution in [-0.2, 0) is 4.79 Å². The van der Waals surface area contributed by atoms with Crippen LogP contribution >= 0.6 is 11.6 Å². The average molecular weight is 391 g/mol. The number of carbonyl (C=O) groups excluding carboxylic acids is 1. The first-order valence-electron chi connectivity index (χ1n) is 8.80. The molecular formula is C23H15ClO4. The summed E-state index contributed by atoms with van der Waals surface area (Å²) in [6, 6.07) is 17.3. The summed E-state index contributed by atoms with van der Waals surface area (Å²) in [7, 11) is 1.60. The van der Waals surface area contributed by atoms with Gasteiger partial charge in [0.1, 0.15) is 22.7 Å². The smallest absolute Gasteiger partial charge is 0.308 e. The molecule has 1 aromatic heterocycles. The normalized spacial score (nSPS) is 11.5. The van der Waals surface area contributed by atoms with Crippen LogP contribution in [0.5, 0.6) is 11.5 Å². The van der Waals surface area contributed by atoms with Gasteiger partial charge in [0, 0.05) is 33.9 Å². The van der Waals surface area contributed by atoms with Gasteiger partial charge in [0.2, 0.25) is 0 Å². The van der Waals surface area contributed by atoms with Gasteiger partial charge in [-0.25, -0.2) is 0 Å². The van der Waals surface area contributed by atoms with Crippen molar-refractivity contribution in [2.24, 2.45) is 0 Å². The lowest BCUT2D eigenvalue weighted by Gasteiger charge is -2.09. The molecule has 28 heavy (non-hydrogen) atoms. The highest BCUT2D eigenvalue weighted by Crippen LogP contribution is 2.48. The van der Waals surface area contributed by atoms with Crippen LogP contribution in [0, 0.1) is 0 Å². The minimum Gasteiger partial charge on any atom is -0.495 e. The third kappa shape index (κ3) is 2.28. The molecule has 0 fully saturated rings. The summed E-state index contributed by atoms with van der Waals surface area (Å²) in [6.45, 7) is 1.38. The standard InChI is InChI=1S/C23H15ClO4/c1-12(25)27-18-11-17-19-20(24)23(26-2)16-10-6-5-9-15(16)22(19)28-21(17)14-8-4-3-7-13(14)18/h3-11H,1-2H3. The number of ether oxygens (including phenoxy) is 2. The number of fused-ring (bicyclic) bond motifs is 7. The van der Waals surface area contributed by atoms with E-state index in [1.165, 1.54) is 6.92 Å². The summed E-state index contributed by atoms with van der Waals surface area (Å²) in [6.07, 6.45) is 0. The fraction of sp³-hybridized carbons (Fsp3) is 0.0870. The van der Waals surface area contributed by atoms with Crippen molar-refractivity contribution in [1.82, 2.24) is 0 Å². The molecule has 0 radical (unpaired) electrons. The van der Waals surface area contributed by atoms with Crippen LogP contribution < -0.4 is 9.47 Å². The molecule has 0 saturated heterocycles. The number of halogens is 1. The van der Waals surface area contributed by atoms with E-state index in [-0.39, 0.29) is 5.97 Å². The Labute approximate surface area is 165 Å². The van der Waals surface area contributed by atoms with Crippen LogP contribution in [-0.4, -0.2) is 13.1 Å². The van der Waals surface area contributed by atoms with Gasteiger partial charge in [-0.3, -0.25) is 4.79 Å². The van der Waals surface area contributed by atoms with Gasteiger partial charge in [-0.1, -0.05) is 60.1 Å². The van der Waals surface area contributed by atoms with Gasteiger partial charge in [-0.2, -0.15) is 0 Å². The largest absolute Gasteiger partial charge is 0.495 e. The Morgan fingerprint density at radius 2 is 1.50 bits per heavy atom. The zero-order valence-electron chi connectivity index (χ0n) is 15.2. The summed E-state index contributed by atoms with van der Waals surface area (Å²) in [4.78, 5) is 11.6. The average Bonchev–Trinajstić information content (AvgIpc) is 3.08. The van der Waals surface area contributed by atoms with Crippen LogP contribution in [0.1, 0.15) is 6.92 Å². The first kappa shape index (κ1) is 16.9. The van der Waals surface area contributed by atoms with Gasteiger partial charge in [0.25, 0.3) is 0 Å². The third-order valence-corrected chi connectivity index (χ3v) is 5.31. The van der Waals surface area contributed by atoms with E-state index in [0.717, 1.165) is 32.3 Å². The molecule has 0 spiro atoms. The van der Waals surface area contributed by atoms with Gasteiger partial charge >= 0.3 is 5.97 Å². The maximum Gasteiger partial charge on any atom is 0.308 e. The molecule has 0 N–H and O–H groups in total. The Bertz CT molecular complexity index is 1410. The molecule has 5 heteroatoms. The van der Waals surface area contributed by atoms with Crippen LogP contribution in [0.3, 0.4) is 0 Å². The molecule has 0 unspecified atom stereocenters. The summed E-state index contributed by atoms with van der Waals surface area (Å²) in [5.74, 6) is 0.683. The van der Waals surface area contributed by atoms with Crippen LogP contribution in [0.25, 0.3) is 43.5 Å². The summed E-state index contributed by atoms with van der Waals surface area (Å²) >= 11 is 6.76. The van der Waals surface area contributed by atoms with Crippen LogP contribution in [0.4, 0.5) is 0 Å². The Balaban J connectivity index is 2.05. The number of furan rings is 1. The second-order valence-corrected chi connectivity index (χ2v) is 6.97. The topological polar surface area (TPSA) is 48.7 Å².